The van der Waals surface area contributed by atoms with Gasteiger partial charge in [-0.15, -0.1) is 0 Å². The van der Waals surface area contributed by atoms with Gasteiger partial charge in [0.25, 0.3) is 0 Å². The number of nitrogens with two attached hydrogens (primary N) is 1. The van der Waals surface area contributed by atoms with Crippen LogP contribution in [-0.4, -0.2) is 43.0 Å². The third kappa shape index (κ3) is 3.73. The van der Waals surface area contributed by atoms with E-state index in [4.69, 9.17) is 5.73 Å². The molecule has 2 aliphatic carbocycles. The molecule has 116 valence electrons. The lowest BCUT2D eigenvalue weighted by atomic mass is 9.80. The van der Waals surface area contributed by atoms with Gasteiger partial charge in [-0.2, -0.15) is 0 Å². The van der Waals surface area contributed by atoms with Crippen molar-refractivity contribution in [2.75, 3.05) is 20.6 Å². The first-order valence-corrected chi connectivity index (χ1v) is 8.24. The molecule has 0 aromatic carbocycles. The second-order valence-corrected chi connectivity index (χ2v) is 7.02. The molecule has 4 heteroatoms. The summed E-state index contributed by atoms with van der Waals surface area (Å²) in [5.41, 5.74) is 6.16. The van der Waals surface area contributed by atoms with Gasteiger partial charge in [-0.1, -0.05) is 25.7 Å². The SMILES string of the molecule is CN(C)C1(CNC(=O)C2CCCC(N)C2)CCCCC1. The number of carbonyl (C=O) groups is 1. The average molecular weight is 281 g/mol. The van der Waals surface area contributed by atoms with E-state index in [2.05, 4.69) is 24.3 Å². The second-order valence-electron chi connectivity index (χ2n) is 7.02. The summed E-state index contributed by atoms with van der Waals surface area (Å²) in [5, 5.41) is 3.23. The van der Waals surface area contributed by atoms with Crippen molar-refractivity contribution in [3.05, 3.63) is 0 Å². The van der Waals surface area contributed by atoms with Gasteiger partial charge >= 0.3 is 0 Å². The monoisotopic (exact) mass is 281 g/mol. The molecule has 0 aromatic heterocycles. The van der Waals surface area contributed by atoms with Crippen LogP contribution in [0.1, 0.15) is 57.8 Å². The molecule has 2 rings (SSSR count). The van der Waals surface area contributed by atoms with E-state index < -0.39 is 0 Å². The van der Waals surface area contributed by atoms with E-state index in [1.54, 1.807) is 0 Å². The predicted octanol–water partition coefficient (Wildman–Crippen LogP) is 1.88. The van der Waals surface area contributed by atoms with Crippen LogP contribution in [0.2, 0.25) is 0 Å². The van der Waals surface area contributed by atoms with Gasteiger partial charge in [-0.3, -0.25) is 4.79 Å². The van der Waals surface area contributed by atoms with Crippen molar-refractivity contribution in [3.8, 4) is 0 Å². The van der Waals surface area contributed by atoms with E-state index in [1.165, 1.54) is 32.1 Å². The summed E-state index contributed by atoms with van der Waals surface area (Å²) in [5.74, 6) is 0.369. The summed E-state index contributed by atoms with van der Waals surface area (Å²) in [7, 11) is 4.29. The van der Waals surface area contributed by atoms with Crippen molar-refractivity contribution < 1.29 is 4.79 Å². The highest BCUT2D eigenvalue weighted by molar-refractivity contribution is 5.78. The van der Waals surface area contributed by atoms with Crippen molar-refractivity contribution in [2.45, 2.75) is 69.4 Å². The Morgan fingerprint density at radius 1 is 1.20 bits per heavy atom. The van der Waals surface area contributed by atoms with E-state index in [-0.39, 0.29) is 23.4 Å². The number of hydrogen-bond donors (Lipinski definition) is 2. The molecule has 3 N–H and O–H groups in total. The molecule has 2 atom stereocenters. The van der Waals surface area contributed by atoms with Gasteiger partial charge in [0.2, 0.25) is 5.91 Å². The smallest absolute Gasteiger partial charge is 0.223 e. The average Bonchev–Trinajstić information content (AvgIpc) is 2.45. The number of carbonyl (C=O) groups excluding carboxylic acids is 1. The topological polar surface area (TPSA) is 58.4 Å². The third-order valence-electron chi connectivity index (χ3n) is 5.41. The highest BCUT2D eigenvalue weighted by Gasteiger charge is 2.35. The first kappa shape index (κ1) is 15.8. The maximum absolute atomic E-state index is 12.4. The summed E-state index contributed by atoms with van der Waals surface area (Å²) in [4.78, 5) is 14.7. The highest BCUT2D eigenvalue weighted by atomic mass is 16.1. The fourth-order valence-corrected chi connectivity index (χ4v) is 3.85. The molecular formula is C16H31N3O. The van der Waals surface area contributed by atoms with Crippen LogP contribution in [0.4, 0.5) is 0 Å². The number of hydrogen-bond acceptors (Lipinski definition) is 3. The number of nitrogens with zero attached hydrogens (tertiary/aromatic N) is 1. The van der Waals surface area contributed by atoms with Crippen molar-refractivity contribution in [1.82, 2.24) is 10.2 Å². The fourth-order valence-electron chi connectivity index (χ4n) is 3.85. The molecule has 0 radical (unpaired) electrons. The maximum Gasteiger partial charge on any atom is 0.223 e. The molecule has 2 aliphatic rings. The lowest BCUT2D eigenvalue weighted by molar-refractivity contribution is -0.126. The minimum atomic E-state index is 0.140. The zero-order chi connectivity index (χ0) is 14.6. The Bertz CT molecular complexity index is 324. The summed E-state index contributed by atoms with van der Waals surface area (Å²) in [6, 6.07) is 0.219. The van der Waals surface area contributed by atoms with E-state index in [0.717, 1.165) is 32.2 Å². The van der Waals surface area contributed by atoms with Gasteiger partial charge in [-0.25, -0.2) is 0 Å². The molecule has 0 aliphatic heterocycles. The first-order chi connectivity index (χ1) is 9.53. The number of likely N-dealkylation sites (N-methyl/N-ethyl adjacent to an activating group) is 1. The Kier molecular flexibility index (Phi) is 5.44. The Morgan fingerprint density at radius 2 is 1.90 bits per heavy atom. The predicted molar refractivity (Wildman–Crippen MR) is 82.4 cm³/mol. The number of amides is 1. The summed E-state index contributed by atoms with van der Waals surface area (Å²) in [6.45, 7) is 0.796. The Balaban J connectivity index is 1.87. The highest BCUT2D eigenvalue weighted by Crippen LogP contribution is 2.32. The molecule has 1 amide bonds. The molecule has 0 spiro atoms. The molecule has 0 bridgehead atoms. The van der Waals surface area contributed by atoms with E-state index in [9.17, 15) is 4.79 Å². The van der Waals surface area contributed by atoms with Crippen molar-refractivity contribution in [1.29, 1.82) is 0 Å². The zero-order valence-corrected chi connectivity index (χ0v) is 13.2. The Labute approximate surface area is 123 Å². The minimum absolute atomic E-state index is 0.140. The summed E-state index contributed by atoms with van der Waals surface area (Å²) < 4.78 is 0. The van der Waals surface area contributed by atoms with Gasteiger partial charge < -0.3 is 16.0 Å². The summed E-state index contributed by atoms with van der Waals surface area (Å²) in [6.07, 6.45) is 10.3. The number of rotatable bonds is 4. The van der Waals surface area contributed by atoms with Crippen LogP contribution in [-0.2, 0) is 4.79 Å². The van der Waals surface area contributed by atoms with Gasteiger partial charge in [0.05, 0.1) is 0 Å². The van der Waals surface area contributed by atoms with Crippen LogP contribution in [0, 0.1) is 5.92 Å². The lowest BCUT2D eigenvalue weighted by Gasteiger charge is -2.43. The van der Waals surface area contributed by atoms with E-state index >= 15 is 0 Å². The van der Waals surface area contributed by atoms with Gasteiger partial charge in [0.15, 0.2) is 0 Å². The maximum atomic E-state index is 12.4. The molecule has 2 unspecified atom stereocenters. The Hall–Kier alpha value is -0.610. The fraction of sp³-hybridized carbons (Fsp3) is 0.938. The van der Waals surface area contributed by atoms with Crippen LogP contribution in [0.5, 0.6) is 0 Å². The molecule has 2 fully saturated rings. The summed E-state index contributed by atoms with van der Waals surface area (Å²) >= 11 is 0. The quantitative estimate of drug-likeness (QED) is 0.827. The van der Waals surface area contributed by atoms with E-state index in [0.29, 0.717) is 0 Å². The minimum Gasteiger partial charge on any atom is -0.354 e. The van der Waals surface area contributed by atoms with Gasteiger partial charge in [-0.05, 0) is 46.2 Å². The lowest BCUT2D eigenvalue weighted by Crippen LogP contribution is -2.54. The largest absolute Gasteiger partial charge is 0.354 e. The molecule has 20 heavy (non-hydrogen) atoms. The van der Waals surface area contributed by atoms with Crippen LogP contribution in [0.15, 0.2) is 0 Å². The third-order valence-corrected chi connectivity index (χ3v) is 5.41. The van der Waals surface area contributed by atoms with Crippen molar-refractivity contribution >= 4 is 5.91 Å². The van der Waals surface area contributed by atoms with E-state index in [1.807, 2.05) is 0 Å². The van der Waals surface area contributed by atoms with Gasteiger partial charge in [0.1, 0.15) is 0 Å². The molecule has 0 heterocycles. The molecular weight excluding hydrogens is 250 g/mol. The standard InChI is InChI=1S/C16H31N3O/c1-19(2)16(9-4-3-5-10-16)12-18-15(20)13-7-6-8-14(17)11-13/h13-14H,3-12,17H2,1-2H3,(H,18,20). The first-order valence-electron chi connectivity index (χ1n) is 8.24. The molecule has 2 saturated carbocycles. The molecule has 0 aromatic rings. The number of nitrogens with one attached hydrogen (secondary N) is 1. The van der Waals surface area contributed by atoms with Crippen LogP contribution >= 0.6 is 0 Å². The normalized spacial score (nSPS) is 30.2. The second kappa shape index (κ2) is 6.90. The zero-order valence-electron chi connectivity index (χ0n) is 13.2. The van der Waals surface area contributed by atoms with Crippen LogP contribution in [0.3, 0.4) is 0 Å². The van der Waals surface area contributed by atoms with Crippen molar-refractivity contribution in [2.24, 2.45) is 11.7 Å². The molecule has 0 saturated heterocycles. The van der Waals surface area contributed by atoms with Gasteiger partial charge in [0, 0.05) is 24.0 Å². The van der Waals surface area contributed by atoms with Crippen LogP contribution < -0.4 is 11.1 Å². The molecule has 4 nitrogen and oxygen atoms in total. The van der Waals surface area contributed by atoms with Crippen molar-refractivity contribution in [3.63, 3.8) is 0 Å². The van der Waals surface area contributed by atoms with Crippen LogP contribution in [0.25, 0.3) is 0 Å². The Morgan fingerprint density at radius 3 is 2.50 bits per heavy atom.